The van der Waals surface area contributed by atoms with Gasteiger partial charge in [-0.15, -0.1) is 10.2 Å². The SMILES string of the molecule is Cc1c(OCc2nnc(SCc3cccc(CN4C[C@@H](O)C[C@H]4C(=O)O)c3)o2)cccc1-c1ccccc1. The van der Waals surface area contributed by atoms with Crippen LogP contribution < -0.4 is 4.74 Å². The van der Waals surface area contributed by atoms with Crippen molar-refractivity contribution in [2.75, 3.05) is 6.54 Å². The number of aromatic nitrogens is 2. The van der Waals surface area contributed by atoms with E-state index >= 15 is 0 Å². The number of rotatable bonds is 10. The minimum Gasteiger partial charge on any atom is -0.484 e. The Morgan fingerprint density at radius 2 is 1.87 bits per heavy atom. The maximum absolute atomic E-state index is 11.5. The molecule has 0 amide bonds. The number of likely N-dealkylation sites (tertiary alicyclic amines) is 1. The van der Waals surface area contributed by atoms with Crippen molar-refractivity contribution in [1.29, 1.82) is 0 Å². The number of aliphatic hydroxyl groups excluding tert-OH is 1. The van der Waals surface area contributed by atoms with Crippen molar-refractivity contribution in [1.82, 2.24) is 15.1 Å². The van der Waals surface area contributed by atoms with Crippen LogP contribution in [0.25, 0.3) is 11.1 Å². The first kappa shape index (κ1) is 26.0. The standard InChI is InChI=1S/C29H29N3O5S/c1-19-24(22-9-3-2-4-10-22)11-6-12-26(19)36-17-27-30-31-29(37-27)38-18-21-8-5-7-20(13-21)15-32-16-23(33)14-25(32)28(34)35/h2-13,23,25,33H,14-18H2,1H3,(H,34,35)/t23-,25-/m0/s1. The summed E-state index contributed by atoms with van der Waals surface area (Å²) in [6.07, 6.45) is -0.353. The number of hydrogen-bond acceptors (Lipinski definition) is 8. The number of carbonyl (C=O) groups is 1. The fraction of sp³-hybridized carbons (Fsp3) is 0.276. The van der Waals surface area contributed by atoms with Crippen molar-refractivity contribution < 1.29 is 24.2 Å². The highest BCUT2D eigenvalue weighted by Gasteiger charge is 2.35. The molecular formula is C29H29N3O5S. The van der Waals surface area contributed by atoms with Crippen molar-refractivity contribution in [3.63, 3.8) is 0 Å². The number of nitrogens with zero attached hydrogens (tertiary/aromatic N) is 3. The van der Waals surface area contributed by atoms with Crippen molar-refractivity contribution in [2.24, 2.45) is 0 Å². The number of aliphatic carboxylic acids is 1. The van der Waals surface area contributed by atoms with Crippen molar-refractivity contribution in [3.05, 3.63) is 95.4 Å². The second-order valence-electron chi connectivity index (χ2n) is 9.33. The molecule has 0 radical (unpaired) electrons. The molecule has 1 fully saturated rings. The van der Waals surface area contributed by atoms with E-state index in [2.05, 4.69) is 28.4 Å². The molecule has 9 heteroatoms. The van der Waals surface area contributed by atoms with Gasteiger partial charge >= 0.3 is 5.97 Å². The van der Waals surface area contributed by atoms with Crippen LogP contribution in [0, 0.1) is 6.92 Å². The number of ether oxygens (including phenoxy) is 1. The van der Waals surface area contributed by atoms with E-state index in [4.69, 9.17) is 9.15 Å². The maximum Gasteiger partial charge on any atom is 0.321 e. The third-order valence-corrected chi connectivity index (χ3v) is 7.46. The number of carboxylic acid groups (broad SMARTS) is 1. The average molecular weight is 532 g/mol. The number of benzene rings is 3. The van der Waals surface area contributed by atoms with Crippen LogP contribution in [0.2, 0.25) is 0 Å². The van der Waals surface area contributed by atoms with Crippen LogP contribution in [-0.2, 0) is 23.7 Å². The van der Waals surface area contributed by atoms with E-state index in [0.29, 0.717) is 30.0 Å². The normalized spacial score (nSPS) is 17.5. The Morgan fingerprint density at radius 3 is 2.68 bits per heavy atom. The predicted molar refractivity (Wildman–Crippen MR) is 144 cm³/mol. The molecule has 8 nitrogen and oxygen atoms in total. The van der Waals surface area contributed by atoms with Gasteiger partial charge in [-0.3, -0.25) is 9.69 Å². The van der Waals surface area contributed by atoms with Gasteiger partial charge in [0.05, 0.1) is 6.10 Å². The molecular weight excluding hydrogens is 502 g/mol. The molecule has 1 aliphatic rings. The number of carboxylic acids is 1. The summed E-state index contributed by atoms with van der Waals surface area (Å²) in [5, 5.41) is 28.1. The van der Waals surface area contributed by atoms with E-state index < -0.39 is 18.1 Å². The van der Waals surface area contributed by atoms with Gasteiger partial charge in [0.2, 0.25) is 0 Å². The molecule has 196 valence electrons. The molecule has 3 aromatic carbocycles. The quantitative estimate of drug-likeness (QED) is 0.275. The first-order valence-corrected chi connectivity index (χ1v) is 13.4. The van der Waals surface area contributed by atoms with Gasteiger partial charge in [0, 0.05) is 25.3 Å². The second kappa shape index (κ2) is 11.8. The summed E-state index contributed by atoms with van der Waals surface area (Å²) in [6.45, 7) is 3.04. The van der Waals surface area contributed by atoms with Crippen LogP contribution >= 0.6 is 11.8 Å². The van der Waals surface area contributed by atoms with Crippen LogP contribution in [0.15, 0.2) is 82.4 Å². The van der Waals surface area contributed by atoms with Crippen LogP contribution in [0.3, 0.4) is 0 Å². The third-order valence-electron chi connectivity index (χ3n) is 6.57. The zero-order chi connectivity index (χ0) is 26.5. The molecule has 0 aliphatic carbocycles. The van der Waals surface area contributed by atoms with E-state index in [0.717, 1.165) is 33.6 Å². The van der Waals surface area contributed by atoms with Gasteiger partial charge in [-0.2, -0.15) is 0 Å². The molecule has 4 aromatic rings. The molecule has 0 saturated carbocycles. The number of hydrogen-bond donors (Lipinski definition) is 2. The molecule has 0 spiro atoms. The molecule has 0 unspecified atom stereocenters. The zero-order valence-corrected chi connectivity index (χ0v) is 21.8. The molecule has 1 aromatic heterocycles. The third kappa shape index (κ3) is 6.24. The molecule has 38 heavy (non-hydrogen) atoms. The van der Waals surface area contributed by atoms with Gasteiger partial charge in [0.15, 0.2) is 6.61 Å². The topological polar surface area (TPSA) is 109 Å². The number of thioether (sulfide) groups is 1. The van der Waals surface area contributed by atoms with Gasteiger partial charge in [0.1, 0.15) is 11.8 Å². The molecule has 1 aliphatic heterocycles. The Balaban J connectivity index is 1.16. The van der Waals surface area contributed by atoms with Crippen molar-refractivity contribution in [3.8, 4) is 16.9 Å². The van der Waals surface area contributed by atoms with Crippen molar-refractivity contribution in [2.45, 2.75) is 49.6 Å². The molecule has 2 atom stereocenters. The van der Waals surface area contributed by atoms with Gasteiger partial charge in [0.25, 0.3) is 11.1 Å². The lowest BCUT2D eigenvalue weighted by atomic mass is 10.00. The maximum atomic E-state index is 11.5. The lowest BCUT2D eigenvalue weighted by Gasteiger charge is -2.21. The van der Waals surface area contributed by atoms with E-state index in [-0.39, 0.29) is 13.0 Å². The summed E-state index contributed by atoms with van der Waals surface area (Å²) >= 11 is 1.43. The lowest BCUT2D eigenvalue weighted by Crippen LogP contribution is -2.35. The minimum atomic E-state index is -0.900. The van der Waals surface area contributed by atoms with Gasteiger partial charge < -0.3 is 19.4 Å². The van der Waals surface area contributed by atoms with Gasteiger partial charge in [-0.05, 0) is 40.8 Å². The summed E-state index contributed by atoms with van der Waals surface area (Å²) < 4.78 is 11.8. The summed E-state index contributed by atoms with van der Waals surface area (Å²) in [6, 6.07) is 23.5. The summed E-state index contributed by atoms with van der Waals surface area (Å²) in [5.74, 6) is 0.896. The highest BCUT2D eigenvalue weighted by molar-refractivity contribution is 7.98. The van der Waals surface area contributed by atoms with Crippen LogP contribution in [0.1, 0.15) is 29.0 Å². The van der Waals surface area contributed by atoms with Crippen LogP contribution in [-0.4, -0.2) is 50.0 Å². The summed E-state index contributed by atoms with van der Waals surface area (Å²) in [5.41, 5.74) is 5.35. The molecule has 2 N–H and O–H groups in total. The first-order chi connectivity index (χ1) is 18.5. The minimum absolute atomic E-state index is 0.175. The van der Waals surface area contributed by atoms with E-state index in [9.17, 15) is 15.0 Å². The molecule has 1 saturated heterocycles. The molecule has 0 bridgehead atoms. The molecule has 2 heterocycles. The Morgan fingerprint density at radius 1 is 1.08 bits per heavy atom. The number of β-amino-alcohol motifs (C(OH)–C–C–N with tert-alkyl or cyclic N) is 1. The Hall–Kier alpha value is -3.66. The van der Waals surface area contributed by atoms with E-state index in [1.165, 1.54) is 11.8 Å². The number of aliphatic hydroxyl groups is 1. The zero-order valence-electron chi connectivity index (χ0n) is 21.0. The fourth-order valence-electron chi connectivity index (χ4n) is 4.70. The highest BCUT2D eigenvalue weighted by Crippen LogP contribution is 2.30. The average Bonchev–Trinajstić information content (AvgIpc) is 3.53. The Kier molecular flexibility index (Phi) is 8.07. The smallest absolute Gasteiger partial charge is 0.321 e. The lowest BCUT2D eigenvalue weighted by molar-refractivity contribution is -0.142. The predicted octanol–water partition coefficient (Wildman–Crippen LogP) is 4.94. The first-order valence-electron chi connectivity index (χ1n) is 12.4. The molecule has 5 rings (SSSR count). The van der Waals surface area contributed by atoms with Crippen LogP contribution in [0.5, 0.6) is 5.75 Å². The summed E-state index contributed by atoms with van der Waals surface area (Å²) in [4.78, 5) is 13.3. The van der Waals surface area contributed by atoms with E-state index in [1.54, 1.807) is 4.90 Å². The summed E-state index contributed by atoms with van der Waals surface area (Å²) in [7, 11) is 0. The largest absolute Gasteiger partial charge is 0.484 e. The van der Waals surface area contributed by atoms with E-state index in [1.807, 2.05) is 61.5 Å². The Labute approximate surface area is 225 Å². The van der Waals surface area contributed by atoms with Crippen molar-refractivity contribution >= 4 is 17.7 Å². The monoisotopic (exact) mass is 531 g/mol. The van der Waals surface area contributed by atoms with Gasteiger partial charge in [-0.1, -0.05) is 78.5 Å². The highest BCUT2D eigenvalue weighted by atomic mass is 32.2. The van der Waals surface area contributed by atoms with Crippen LogP contribution in [0.4, 0.5) is 0 Å². The fourth-order valence-corrected chi connectivity index (χ4v) is 5.43. The second-order valence-corrected chi connectivity index (χ2v) is 10.3. The Bertz CT molecular complexity index is 1390. The van der Waals surface area contributed by atoms with Gasteiger partial charge in [-0.25, -0.2) is 0 Å².